The van der Waals surface area contributed by atoms with Gasteiger partial charge in [0.1, 0.15) is 18.2 Å². The maximum absolute atomic E-state index is 13.6. The van der Waals surface area contributed by atoms with Gasteiger partial charge in [-0.2, -0.15) is 5.10 Å². The lowest BCUT2D eigenvalue weighted by molar-refractivity contribution is 0.0950. The van der Waals surface area contributed by atoms with Crippen LogP contribution in [-0.2, 0) is 6.61 Å². The third-order valence-corrected chi connectivity index (χ3v) is 4.12. The molecule has 3 rings (SSSR count). The summed E-state index contributed by atoms with van der Waals surface area (Å²) in [6, 6.07) is 20.3. The second-order valence-electron chi connectivity index (χ2n) is 5.60. The maximum Gasteiger partial charge on any atom is 0.275 e. The van der Waals surface area contributed by atoms with Gasteiger partial charge in [-0.3, -0.25) is 4.79 Å². The summed E-state index contributed by atoms with van der Waals surface area (Å²) in [5.74, 6) is -0.479. The summed E-state index contributed by atoms with van der Waals surface area (Å²) >= 11 is 6.12. The number of para-hydroxylation sites is 1. The first-order chi connectivity index (χ1) is 13.1. The Balaban J connectivity index is 1.68. The summed E-state index contributed by atoms with van der Waals surface area (Å²) < 4.78 is 19.3. The Bertz CT molecular complexity index is 976. The molecule has 0 spiro atoms. The average molecular weight is 383 g/mol. The number of carbonyl (C=O) groups excluding carboxylic acids is 1. The van der Waals surface area contributed by atoms with Crippen LogP contribution in [0.15, 0.2) is 77.9 Å². The fourth-order valence-electron chi connectivity index (χ4n) is 2.35. The minimum absolute atomic E-state index is 0.225. The Labute approximate surface area is 161 Å². The van der Waals surface area contributed by atoms with Crippen molar-refractivity contribution in [2.45, 2.75) is 6.61 Å². The minimum Gasteiger partial charge on any atom is -0.488 e. The van der Waals surface area contributed by atoms with Crippen LogP contribution in [-0.4, -0.2) is 12.1 Å². The van der Waals surface area contributed by atoms with Gasteiger partial charge < -0.3 is 4.74 Å². The topological polar surface area (TPSA) is 50.7 Å². The van der Waals surface area contributed by atoms with Gasteiger partial charge in [-0.05, 0) is 24.3 Å². The first kappa shape index (κ1) is 18.6. The third kappa shape index (κ3) is 4.92. The lowest BCUT2D eigenvalue weighted by Crippen LogP contribution is -2.18. The maximum atomic E-state index is 13.6. The highest BCUT2D eigenvalue weighted by molar-refractivity contribution is 6.31. The van der Waals surface area contributed by atoms with Crippen LogP contribution in [0.25, 0.3) is 0 Å². The molecule has 0 aliphatic carbocycles. The molecule has 1 N–H and O–H groups in total. The number of benzene rings is 3. The number of nitrogens with one attached hydrogen (secondary N) is 1. The smallest absolute Gasteiger partial charge is 0.275 e. The van der Waals surface area contributed by atoms with E-state index in [1.165, 1.54) is 12.3 Å². The van der Waals surface area contributed by atoms with Crippen molar-refractivity contribution in [3.05, 3.63) is 100 Å². The molecule has 0 aliphatic rings. The molecule has 1 amide bonds. The van der Waals surface area contributed by atoms with Crippen molar-refractivity contribution >= 4 is 23.7 Å². The van der Waals surface area contributed by atoms with Crippen molar-refractivity contribution < 1.29 is 13.9 Å². The number of ether oxygens (including phenoxy) is 1. The zero-order chi connectivity index (χ0) is 19.1. The quantitative estimate of drug-likeness (QED) is 0.490. The van der Waals surface area contributed by atoms with E-state index in [9.17, 15) is 9.18 Å². The van der Waals surface area contributed by atoms with Crippen molar-refractivity contribution in [1.82, 2.24) is 5.43 Å². The van der Waals surface area contributed by atoms with Crippen molar-refractivity contribution in [1.29, 1.82) is 0 Å². The van der Waals surface area contributed by atoms with E-state index < -0.39 is 11.7 Å². The fourth-order valence-corrected chi connectivity index (χ4v) is 2.54. The number of halogens is 2. The van der Waals surface area contributed by atoms with E-state index >= 15 is 0 Å². The molecule has 6 heteroatoms. The predicted molar refractivity (Wildman–Crippen MR) is 104 cm³/mol. The number of nitrogens with zero attached hydrogens (tertiary/aromatic N) is 1. The molecule has 0 saturated carbocycles. The Morgan fingerprint density at radius 2 is 1.74 bits per heavy atom. The number of hydrogen-bond acceptors (Lipinski definition) is 3. The monoisotopic (exact) mass is 382 g/mol. The Kier molecular flexibility index (Phi) is 6.18. The molecule has 0 bridgehead atoms. The minimum atomic E-state index is -0.461. The van der Waals surface area contributed by atoms with E-state index in [-0.39, 0.29) is 12.2 Å². The standard InChI is InChI=1S/C21H16ClFN2O2/c22-18-10-4-1-8-16(18)14-27-20-12-6-3-9-17(20)21(26)25-24-13-15-7-2-5-11-19(15)23/h1-13H,14H2,(H,25,26)/b24-13-. The van der Waals surface area contributed by atoms with Gasteiger partial charge in [0, 0.05) is 16.1 Å². The lowest BCUT2D eigenvalue weighted by atomic mass is 10.2. The largest absolute Gasteiger partial charge is 0.488 e. The molecule has 0 saturated heterocycles. The van der Waals surface area contributed by atoms with Crippen LogP contribution < -0.4 is 10.2 Å². The van der Waals surface area contributed by atoms with Crippen LogP contribution >= 0.6 is 11.6 Å². The van der Waals surface area contributed by atoms with Gasteiger partial charge in [0.15, 0.2) is 0 Å². The molecule has 0 fully saturated rings. The number of carbonyl (C=O) groups is 1. The van der Waals surface area contributed by atoms with Crippen LogP contribution in [0.1, 0.15) is 21.5 Å². The Hall–Kier alpha value is -3.18. The third-order valence-electron chi connectivity index (χ3n) is 3.75. The normalized spacial score (nSPS) is 10.7. The predicted octanol–water partition coefficient (Wildman–Crippen LogP) is 4.82. The molecule has 3 aromatic carbocycles. The molecule has 4 nitrogen and oxygen atoms in total. The van der Waals surface area contributed by atoms with Crippen LogP contribution in [0.4, 0.5) is 4.39 Å². The molecular weight excluding hydrogens is 367 g/mol. The van der Waals surface area contributed by atoms with E-state index in [4.69, 9.17) is 16.3 Å². The number of rotatable bonds is 6. The van der Waals surface area contributed by atoms with Crippen molar-refractivity contribution in [2.24, 2.45) is 5.10 Å². The van der Waals surface area contributed by atoms with Crippen LogP contribution in [0.2, 0.25) is 5.02 Å². The summed E-state index contributed by atoms with van der Waals surface area (Å²) in [6.45, 7) is 0.225. The molecule has 0 aromatic heterocycles. The second kappa shape index (κ2) is 8.96. The molecule has 0 unspecified atom stereocenters. The molecule has 136 valence electrons. The highest BCUT2D eigenvalue weighted by atomic mass is 35.5. The van der Waals surface area contributed by atoms with Crippen LogP contribution in [0.5, 0.6) is 5.75 Å². The highest BCUT2D eigenvalue weighted by Crippen LogP contribution is 2.22. The van der Waals surface area contributed by atoms with E-state index in [0.717, 1.165) is 5.56 Å². The zero-order valence-corrected chi connectivity index (χ0v) is 15.0. The fraction of sp³-hybridized carbons (Fsp3) is 0.0476. The Morgan fingerprint density at radius 1 is 1.04 bits per heavy atom. The van der Waals surface area contributed by atoms with E-state index in [1.807, 2.05) is 18.2 Å². The Morgan fingerprint density at radius 3 is 2.56 bits per heavy atom. The molecule has 27 heavy (non-hydrogen) atoms. The van der Waals surface area contributed by atoms with Gasteiger partial charge in [-0.15, -0.1) is 0 Å². The SMILES string of the molecule is O=C(N/N=C\c1ccccc1F)c1ccccc1OCc1ccccc1Cl. The van der Waals surface area contributed by atoms with Gasteiger partial charge in [0.2, 0.25) is 0 Å². The summed E-state index contributed by atoms with van der Waals surface area (Å²) in [5, 5.41) is 4.40. The van der Waals surface area contributed by atoms with Gasteiger partial charge in [-0.25, -0.2) is 9.82 Å². The van der Waals surface area contributed by atoms with Crippen molar-refractivity contribution in [3.8, 4) is 5.75 Å². The molecule has 0 radical (unpaired) electrons. The lowest BCUT2D eigenvalue weighted by Gasteiger charge is -2.11. The first-order valence-electron chi connectivity index (χ1n) is 8.18. The first-order valence-corrected chi connectivity index (χ1v) is 8.56. The summed E-state index contributed by atoms with van der Waals surface area (Å²) in [4.78, 5) is 12.4. The summed E-state index contributed by atoms with van der Waals surface area (Å²) in [5.41, 5.74) is 3.79. The molecule has 0 atom stereocenters. The van der Waals surface area contributed by atoms with Crippen molar-refractivity contribution in [2.75, 3.05) is 0 Å². The van der Waals surface area contributed by atoms with Crippen molar-refractivity contribution in [3.63, 3.8) is 0 Å². The van der Waals surface area contributed by atoms with Crippen LogP contribution in [0, 0.1) is 5.82 Å². The van der Waals surface area contributed by atoms with Crippen LogP contribution in [0.3, 0.4) is 0 Å². The van der Waals surface area contributed by atoms with E-state index in [2.05, 4.69) is 10.5 Å². The summed E-state index contributed by atoms with van der Waals surface area (Å²) in [7, 11) is 0. The number of hydrogen-bond donors (Lipinski definition) is 1. The van der Waals surface area contributed by atoms with E-state index in [1.54, 1.807) is 48.5 Å². The molecule has 0 aliphatic heterocycles. The van der Waals surface area contributed by atoms with Gasteiger partial charge in [0.05, 0.1) is 11.8 Å². The number of hydrazone groups is 1. The molecule has 3 aromatic rings. The van der Waals surface area contributed by atoms with Gasteiger partial charge in [-0.1, -0.05) is 60.1 Å². The highest BCUT2D eigenvalue weighted by Gasteiger charge is 2.12. The average Bonchev–Trinajstić information content (AvgIpc) is 2.69. The zero-order valence-electron chi connectivity index (χ0n) is 14.2. The molecular formula is C21H16ClFN2O2. The van der Waals surface area contributed by atoms with Gasteiger partial charge in [0.25, 0.3) is 5.91 Å². The number of amides is 1. The second-order valence-corrected chi connectivity index (χ2v) is 6.00. The molecule has 0 heterocycles. The van der Waals surface area contributed by atoms with Gasteiger partial charge >= 0.3 is 0 Å². The summed E-state index contributed by atoms with van der Waals surface area (Å²) in [6.07, 6.45) is 1.25. The van der Waals surface area contributed by atoms with E-state index in [0.29, 0.717) is 16.3 Å².